The van der Waals surface area contributed by atoms with Crippen molar-refractivity contribution in [2.45, 2.75) is 44.1 Å². The summed E-state index contributed by atoms with van der Waals surface area (Å²) in [5, 5.41) is 28.3. The number of halogens is 3. The van der Waals surface area contributed by atoms with E-state index in [1.165, 1.54) is 0 Å². The van der Waals surface area contributed by atoms with Crippen molar-refractivity contribution in [3.05, 3.63) is 91.7 Å². The van der Waals surface area contributed by atoms with Crippen LogP contribution in [0.4, 0.5) is 0 Å². The van der Waals surface area contributed by atoms with E-state index in [1.807, 2.05) is 50.2 Å². The smallest absolute Gasteiger partial charge is 0.250 e. The van der Waals surface area contributed by atoms with Gasteiger partial charge in [-0.05, 0) is 51.5 Å². The highest BCUT2D eigenvalue weighted by Crippen LogP contribution is 2.60. The quantitative estimate of drug-likeness (QED) is 0.119. The van der Waals surface area contributed by atoms with Crippen LogP contribution < -0.4 is 15.8 Å². The minimum Gasteiger partial charge on any atom is -0.506 e. The van der Waals surface area contributed by atoms with E-state index in [2.05, 4.69) is 31.2 Å². The highest BCUT2D eigenvalue weighted by molar-refractivity contribution is 9.10. The molecular weight excluding hydrogens is 737 g/mol. The van der Waals surface area contributed by atoms with E-state index in [0.29, 0.717) is 48.9 Å². The Labute approximate surface area is 296 Å². The minimum absolute atomic E-state index is 0.0129. The standard InChI is InChI=1S/C35H26BrCl2N5O6/c1-12(2)23-32-42-24-28(49-32)35(17-9-13(10-18(36)25(17)44)11-19(39)31(45)41-23)16-7-3-6-15(26(16)48-34(35)46)14-5-4-8-20-21(14)22(29(37)40-20)27-30(38)43-33(24)47-27/h3-10,12,19,23,34,40,44,46H,11,39H2,1-2H3,(H,41,45). The van der Waals surface area contributed by atoms with Gasteiger partial charge in [-0.15, -0.1) is 0 Å². The van der Waals surface area contributed by atoms with Gasteiger partial charge in [-0.1, -0.05) is 73.4 Å². The molecule has 4 atom stereocenters. The summed E-state index contributed by atoms with van der Waals surface area (Å²) < 4.78 is 20.0. The number of hydrogen-bond acceptors (Lipinski definition) is 9. The van der Waals surface area contributed by atoms with Gasteiger partial charge in [-0.3, -0.25) is 4.79 Å². The van der Waals surface area contributed by atoms with Crippen molar-refractivity contribution in [2.24, 2.45) is 11.7 Å². The van der Waals surface area contributed by atoms with E-state index >= 15 is 0 Å². The molecule has 3 aromatic carbocycles. The van der Waals surface area contributed by atoms with Gasteiger partial charge in [0, 0.05) is 27.6 Å². The number of aliphatic hydroxyl groups excluding tert-OH is 1. The number of amides is 1. The van der Waals surface area contributed by atoms with E-state index in [9.17, 15) is 15.0 Å². The van der Waals surface area contributed by atoms with Crippen LogP contribution in [0.1, 0.15) is 48.2 Å². The number of aliphatic hydroxyl groups is 1. The summed E-state index contributed by atoms with van der Waals surface area (Å²) in [7, 11) is 0. The molecular formula is C35H26BrCl2N5O6. The molecule has 6 N–H and O–H groups in total. The summed E-state index contributed by atoms with van der Waals surface area (Å²) in [5.74, 6) is -0.178. The molecule has 49 heavy (non-hydrogen) atoms. The summed E-state index contributed by atoms with van der Waals surface area (Å²) >= 11 is 17.2. The number of benzene rings is 3. The van der Waals surface area contributed by atoms with E-state index < -0.39 is 29.7 Å². The number of aromatic hydroxyl groups is 1. The lowest BCUT2D eigenvalue weighted by molar-refractivity contribution is -0.123. The molecule has 0 radical (unpaired) electrons. The molecule has 6 aromatic rings. The lowest BCUT2D eigenvalue weighted by atomic mass is 9.70. The third-order valence-corrected chi connectivity index (χ3v) is 10.8. The average molecular weight is 763 g/mol. The molecule has 10 bridgehead atoms. The molecule has 0 aliphatic carbocycles. The Morgan fingerprint density at radius 3 is 2.65 bits per heavy atom. The molecule has 248 valence electrons. The van der Waals surface area contributed by atoms with Crippen LogP contribution in [0.5, 0.6) is 11.5 Å². The number of phenolic OH excluding ortho intramolecular Hbond substituents is 1. The van der Waals surface area contributed by atoms with Gasteiger partial charge in [-0.25, -0.2) is 4.98 Å². The number of aromatic nitrogens is 3. The van der Waals surface area contributed by atoms with Crippen molar-refractivity contribution in [3.8, 4) is 45.5 Å². The zero-order valence-electron chi connectivity index (χ0n) is 25.8. The molecule has 1 spiro atoms. The molecule has 9 rings (SSSR count). The summed E-state index contributed by atoms with van der Waals surface area (Å²) in [6.45, 7) is 3.81. The Kier molecular flexibility index (Phi) is 6.63. The highest BCUT2D eigenvalue weighted by atomic mass is 79.9. The number of para-hydroxylation sites is 1. The predicted octanol–water partition coefficient (Wildman–Crippen LogP) is 6.98. The van der Waals surface area contributed by atoms with E-state index in [-0.39, 0.29) is 63.0 Å². The molecule has 3 aliphatic heterocycles. The van der Waals surface area contributed by atoms with E-state index in [0.717, 1.165) is 0 Å². The van der Waals surface area contributed by atoms with Gasteiger partial charge in [0.1, 0.15) is 28.1 Å². The molecule has 0 saturated heterocycles. The Balaban J connectivity index is 1.51. The molecule has 14 heteroatoms. The van der Waals surface area contributed by atoms with E-state index in [1.54, 1.807) is 12.1 Å². The fourth-order valence-corrected chi connectivity index (χ4v) is 8.44. The van der Waals surface area contributed by atoms with Crippen molar-refractivity contribution in [3.63, 3.8) is 0 Å². The topological polar surface area (TPSA) is 173 Å². The number of hydrogen-bond donors (Lipinski definition) is 5. The van der Waals surface area contributed by atoms with Crippen LogP contribution in [0, 0.1) is 5.92 Å². The maximum Gasteiger partial charge on any atom is 0.250 e. The Bertz CT molecular complexity index is 2400. The number of nitrogens with zero attached hydrogens (tertiary/aromatic N) is 2. The second kappa shape index (κ2) is 10.6. The van der Waals surface area contributed by atoms with Crippen LogP contribution in [-0.4, -0.2) is 43.4 Å². The van der Waals surface area contributed by atoms with Gasteiger partial charge in [0.05, 0.1) is 16.1 Å². The number of fused-ring (bicyclic) bond motifs is 8. The maximum atomic E-state index is 13.5. The normalized spacial score (nSPS) is 22.2. The molecule has 3 aromatic heterocycles. The molecule has 4 unspecified atom stereocenters. The van der Waals surface area contributed by atoms with Crippen molar-refractivity contribution in [2.75, 3.05) is 0 Å². The zero-order valence-corrected chi connectivity index (χ0v) is 28.9. The summed E-state index contributed by atoms with van der Waals surface area (Å²) in [5.41, 5.74) is 8.60. The third-order valence-electron chi connectivity index (χ3n) is 9.70. The number of oxazole rings is 2. The first-order valence-corrected chi connectivity index (χ1v) is 17.1. The van der Waals surface area contributed by atoms with Crippen molar-refractivity contribution < 1.29 is 28.6 Å². The van der Waals surface area contributed by atoms with Crippen LogP contribution in [0.3, 0.4) is 0 Å². The predicted molar refractivity (Wildman–Crippen MR) is 184 cm³/mol. The molecule has 0 fully saturated rings. The molecule has 1 amide bonds. The van der Waals surface area contributed by atoms with Crippen molar-refractivity contribution in [1.29, 1.82) is 0 Å². The van der Waals surface area contributed by atoms with Gasteiger partial charge in [0.15, 0.2) is 22.4 Å². The summed E-state index contributed by atoms with van der Waals surface area (Å²) in [6.07, 6.45) is -1.54. The number of nitrogens with two attached hydrogens (primary N) is 1. The Hall–Kier alpha value is -4.33. The lowest BCUT2D eigenvalue weighted by Crippen LogP contribution is -2.45. The first-order chi connectivity index (χ1) is 23.5. The molecule has 6 heterocycles. The van der Waals surface area contributed by atoms with Crippen LogP contribution in [-0.2, 0) is 16.6 Å². The number of nitrogens with one attached hydrogen (secondary N) is 2. The van der Waals surface area contributed by atoms with Gasteiger partial charge < -0.3 is 39.8 Å². The number of carbonyl (C=O) groups excluding carboxylic acids is 1. The molecule has 0 saturated carbocycles. The monoisotopic (exact) mass is 761 g/mol. The summed E-state index contributed by atoms with van der Waals surface area (Å²) in [4.78, 5) is 26.2. The second-order valence-corrected chi connectivity index (χ2v) is 14.5. The third kappa shape index (κ3) is 4.12. The largest absolute Gasteiger partial charge is 0.506 e. The maximum absolute atomic E-state index is 13.5. The SMILES string of the molecule is CC(C)C1NC(=O)C(N)Cc2cc(Br)c(O)c(c2)C23c4cccc(c4OC2O)-c2cccc4[nH]c(Cl)c(c24)-c2oc(nc2Cl)-c2nc1oc23. The number of ether oxygens (including phenoxy) is 1. The first-order valence-electron chi connectivity index (χ1n) is 15.5. The molecule has 11 nitrogen and oxygen atoms in total. The molecule has 3 aliphatic rings. The van der Waals surface area contributed by atoms with Crippen molar-refractivity contribution >= 4 is 55.9 Å². The average Bonchev–Trinajstić information content (AvgIpc) is 3.81. The van der Waals surface area contributed by atoms with Crippen LogP contribution in [0.15, 0.2) is 61.8 Å². The summed E-state index contributed by atoms with van der Waals surface area (Å²) in [6, 6.07) is 12.9. The van der Waals surface area contributed by atoms with Gasteiger partial charge in [0.25, 0.3) is 5.89 Å². The van der Waals surface area contributed by atoms with Crippen molar-refractivity contribution in [1.82, 2.24) is 20.3 Å². The fraction of sp³-hybridized carbons (Fsp3) is 0.229. The van der Waals surface area contributed by atoms with E-state index in [4.69, 9.17) is 47.5 Å². The number of rotatable bonds is 1. The zero-order chi connectivity index (χ0) is 34.1. The fourth-order valence-electron chi connectivity index (χ4n) is 7.44. The van der Waals surface area contributed by atoms with Crippen LogP contribution in [0.25, 0.3) is 44.9 Å². The number of H-pyrrole nitrogens is 1. The lowest BCUT2D eigenvalue weighted by Gasteiger charge is -2.32. The Morgan fingerprint density at radius 1 is 1.08 bits per heavy atom. The Morgan fingerprint density at radius 2 is 1.86 bits per heavy atom. The van der Waals surface area contributed by atoms with Gasteiger partial charge in [0.2, 0.25) is 18.1 Å². The van der Waals surface area contributed by atoms with Crippen LogP contribution >= 0.6 is 39.1 Å². The van der Waals surface area contributed by atoms with Gasteiger partial charge >= 0.3 is 0 Å². The first kappa shape index (κ1) is 30.7. The number of phenols is 1. The number of carbonyl (C=O) groups is 1. The second-order valence-electron chi connectivity index (χ2n) is 12.9. The number of aromatic amines is 1. The van der Waals surface area contributed by atoms with Gasteiger partial charge in [-0.2, -0.15) is 4.98 Å². The van der Waals surface area contributed by atoms with Crippen LogP contribution in [0.2, 0.25) is 10.3 Å². The minimum atomic E-state index is -1.75. The highest BCUT2D eigenvalue weighted by Gasteiger charge is 2.59.